The summed E-state index contributed by atoms with van der Waals surface area (Å²) in [6, 6.07) is 8.70. The summed E-state index contributed by atoms with van der Waals surface area (Å²) in [6.07, 6.45) is 4.64. The average Bonchev–Trinajstić information content (AvgIpc) is 2.43. The van der Waals surface area contributed by atoms with Gasteiger partial charge in [-0.15, -0.1) is 0 Å². The van der Waals surface area contributed by atoms with Gasteiger partial charge in [0.05, 0.1) is 0 Å². The molecule has 1 aromatic rings. The zero-order valence-corrected chi connectivity index (χ0v) is 12.3. The molecule has 2 N–H and O–H groups in total. The minimum atomic E-state index is 0.336. The van der Waals surface area contributed by atoms with Gasteiger partial charge in [0, 0.05) is 17.8 Å². The van der Waals surface area contributed by atoms with Crippen molar-refractivity contribution >= 4 is 11.8 Å². The topological polar surface area (TPSA) is 29.3 Å². The zero-order valence-electron chi connectivity index (χ0n) is 11.5. The Morgan fingerprint density at radius 2 is 1.94 bits per heavy atom. The number of nitrogens with two attached hydrogens (primary N) is 1. The number of benzene rings is 1. The Morgan fingerprint density at radius 1 is 1.28 bits per heavy atom. The Bertz CT molecular complexity index is 378. The van der Waals surface area contributed by atoms with Crippen LogP contribution in [0.4, 0.5) is 0 Å². The van der Waals surface area contributed by atoms with Gasteiger partial charge in [0.15, 0.2) is 0 Å². The van der Waals surface area contributed by atoms with Gasteiger partial charge in [0.25, 0.3) is 0 Å². The summed E-state index contributed by atoms with van der Waals surface area (Å²) in [5.74, 6) is 0. The van der Waals surface area contributed by atoms with Crippen molar-refractivity contribution in [2.45, 2.75) is 31.1 Å². The number of piperidine rings is 1. The monoisotopic (exact) mass is 264 g/mol. The van der Waals surface area contributed by atoms with Gasteiger partial charge in [-0.1, -0.05) is 24.3 Å². The van der Waals surface area contributed by atoms with Crippen LogP contribution in [0.5, 0.6) is 0 Å². The minimum Gasteiger partial charge on any atom is -0.329 e. The van der Waals surface area contributed by atoms with Crippen LogP contribution in [-0.4, -0.2) is 35.5 Å². The van der Waals surface area contributed by atoms with E-state index in [0.717, 1.165) is 13.1 Å². The second-order valence-corrected chi connectivity index (χ2v) is 6.57. The Morgan fingerprint density at radius 3 is 2.50 bits per heavy atom. The lowest BCUT2D eigenvalue weighted by Crippen LogP contribution is -2.46. The van der Waals surface area contributed by atoms with E-state index in [1.165, 1.54) is 37.1 Å². The first kappa shape index (κ1) is 13.9. The fourth-order valence-electron chi connectivity index (χ4n) is 2.64. The molecule has 100 valence electrons. The van der Waals surface area contributed by atoms with E-state index in [1.807, 2.05) is 11.8 Å². The predicted molar refractivity (Wildman–Crippen MR) is 81.0 cm³/mol. The molecule has 1 aliphatic rings. The minimum absolute atomic E-state index is 0.336. The highest BCUT2D eigenvalue weighted by Crippen LogP contribution is 2.33. The second-order valence-electron chi connectivity index (χ2n) is 5.29. The molecule has 0 saturated carbocycles. The molecule has 2 rings (SSSR count). The van der Waals surface area contributed by atoms with Crippen molar-refractivity contribution in [2.24, 2.45) is 5.73 Å². The summed E-state index contributed by atoms with van der Waals surface area (Å²) >= 11 is 1.95. The standard InChI is InChI=1S/C15H24N2S/c1-13-5-3-4-6-14(13)11-17-9-7-15(12-16,18-2)8-10-17/h3-6H,7-12,16H2,1-2H3. The lowest BCUT2D eigenvalue weighted by molar-refractivity contribution is 0.194. The van der Waals surface area contributed by atoms with Crippen LogP contribution >= 0.6 is 11.8 Å². The Labute approximate surface area is 115 Å². The van der Waals surface area contributed by atoms with Crippen LogP contribution in [0.25, 0.3) is 0 Å². The summed E-state index contributed by atoms with van der Waals surface area (Å²) in [5.41, 5.74) is 8.79. The maximum atomic E-state index is 5.93. The summed E-state index contributed by atoms with van der Waals surface area (Å²) < 4.78 is 0.336. The lowest BCUT2D eigenvalue weighted by Gasteiger charge is -2.40. The van der Waals surface area contributed by atoms with Gasteiger partial charge in [-0.25, -0.2) is 0 Å². The molecule has 0 atom stereocenters. The van der Waals surface area contributed by atoms with E-state index in [4.69, 9.17) is 5.73 Å². The zero-order chi connectivity index (χ0) is 13.0. The van der Waals surface area contributed by atoms with Crippen molar-refractivity contribution in [1.82, 2.24) is 4.90 Å². The summed E-state index contributed by atoms with van der Waals surface area (Å²) in [4.78, 5) is 2.56. The van der Waals surface area contributed by atoms with Crippen molar-refractivity contribution in [3.05, 3.63) is 35.4 Å². The fourth-order valence-corrected chi connectivity index (χ4v) is 3.40. The molecule has 0 aromatic heterocycles. The van der Waals surface area contributed by atoms with Crippen LogP contribution in [0.2, 0.25) is 0 Å². The molecular formula is C15H24N2S. The number of nitrogens with zero attached hydrogens (tertiary/aromatic N) is 1. The molecule has 1 saturated heterocycles. The number of hydrogen-bond donors (Lipinski definition) is 1. The van der Waals surface area contributed by atoms with Crippen molar-refractivity contribution in [2.75, 3.05) is 25.9 Å². The third-order valence-electron chi connectivity index (χ3n) is 4.23. The molecule has 18 heavy (non-hydrogen) atoms. The summed E-state index contributed by atoms with van der Waals surface area (Å²) in [7, 11) is 0. The van der Waals surface area contributed by atoms with Gasteiger partial charge >= 0.3 is 0 Å². The van der Waals surface area contributed by atoms with E-state index in [9.17, 15) is 0 Å². The molecule has 0 aliphatic carbocycles. The number of rotatable bonds is 4. The third-order valence-corrected chi connectivity index (χ3v) is 5.67. The van der Waals surface area contributed by atoms with Gasteiger partial charge in [-0.2, -0.15) is 11.8 Å². The molecular weight excluding hydrogens is 240 g/mol. The first-order chi connectivity index (χ1) is 8.69. The van der Waals surface area contributed by atoms with Crippen LogP contribution in [0.15, 0.2) is 24.3 Å². The van der Waals surface area contributed by atoms with Crippen LogP contribution in [-0.2, 0) is 6.54 Å². The fraction of sp³-hybridized carbons (Fsp3) is 0.600. The SMILES string of the molecule is CSC1(CN)CCN(Cc2ccccc2C)CC1. The Kier molecular flexibility index (Phi) is 4.71. The normalized spacial score (nSPS) is 19.9. The van der Waals surface area contributed by atoms with E-state index in [-0.39, 0.29) is 0 Å². The molecule has 1 fully saturated rings. The highest BCUT2D eigenvalue weighted by Gasteiger charge is 2.32. The maximum absolute atomic E-state index is 5.93. The quantitative estimate of drug-likeness (QED) is 0.906. The first-order valence-electron chi connectivity index (χ1n) is 6.71. The van der Waals surface area contributed by atoms with Gasteiger partial charge in [-0.3, -0.25) is 4.90 Å². The molecule has 2 nitrogen and oxygen atoms in total. The van der Waals surface area contributed by atoms with Crippen molar-refractivity contribution in [3.8, 4) is 0 Å². The van der Waals surface area contributed by atoms with Gasteiger partial charge in [-0.05, 0) is 50.2 Å². The van der Waals surface area contributed by atoms with Crippen molar-refractivity contribution in [1.29, 1.82) is 0 Å². The molecule has 0 radical (unpaired) electrons. The summed E-state index contributed by atoms with van der Waals surface area (Å²) in [5, 5.41) is 0. The molecule has 0 spiro atoms. The molecule has 3 heteroatoms. The van der Waals surface area contributed by atoms with E-state index < -0.39 is 0 Å². The number of likely N-dealkylation sites (tertiary alicyclic amines) is 1. The smallest absolute Gasteiger partial charge is 0.0303 e. The largest absolute Gasteiger partial charge is 0.329 e. The average molecular weight is 264 g/mol. The van der Waals surface area contributed by atoms with E-state index >= 15 is 0 Å². The number of thioether (sulfide) groups is 1. The molecule has 0 amide bonds. The maximum Gasteiger partial charge on any atom is 0.0303 e. The van der Waals surface area contributed by atoms with Gasteiger partial charge in [0.1, 0.15) is 0 Å². The predicted octanol–water partition coefficient (Wildman–Crippen LogP) is 2.65. The highest BCUT2D eigenvalue weighted by atomic mass is 32.2. The van der Waals surface area contributed by atoms with Crippen LogP contribution in [0.1, 0.15) is 24.0 Å². The second kappa shape index (κ2) is 6.09. The molecule has 1 aromatic carbocycles. The van der Waals surface area contributed by atoms with Crippen LogP contribution in [0.3, 0.4) is 0 Å². The van der Waals surface area contributed by atoms with E-state index in [1.54, 1.807) is 0 Å². The van der Waals surface area contributed by atoms with E-state index in [2.05, 4.69) is 42.3 Å². The molecule has 1 heterocycles. The number of aryl methyl sites for hydroxylation is 1. The van der Waals surface area contributed by atoms with Gasteiger partial charge in [0.2, 0.25) is 0 Å². The van der Waals surface area contributed by atoms with Gasteiger partial charge < -0.3 is 5.73 Å². The number of hydrogen-bond acceptors (Lipinski definition) is 3. The molecule has 1 aliphatic heterocycles. The van der Waals surface area contributed by atoms with Crippen molar-refractivity contribution in [3.63, 3.8) is 0 Å². The van der Waals surface area contributed by atoms with Crippen LogP contribution < -0.4 is 5.73 Å². The van der Waals surface area contributed by atoms with Crippen molar-refractivity contribution < 1.29 is 0 Å². The summed E-state index contributed by atoms with van der Waals surface area (Å²) in [6.45, 7) is 6.44. The van der Waals surface area contributed by atoms with Crippen LogP contribution in [0, 0.1) is 6.92 Å². The highest BCUT2D eigenvalue weighted by molar-refractivity contribution is 8.00. The Balaban J connectivity index is 1.93. The third kappa shape index (κ3) is 3.08. The lowest BCUT2D eigenvalue weighted by atomic mass is 9.95. The molecule has 0 unspecified atom stereocenters. The van der Waals surface area contributed by atoms with E-state index in [0.29, 0.717) is 4.75 Å². The molecule has 0 bridgehead atoms. The first-order valence-corrected chi connectivity index (χ1v) is 7.94. The Hall–Kier alpha value is -0.510.